The molecule has 0 aliphatic rings. The maximum Gasteiger partial charge on any atom is 0.335 e. The number of aryl methyl sites for hydroxylation is 1. The van der Waals surface area contributed by atoms with E-state index in [4.69, 9.17) is 5.11 Å². The highest BCUT2D eigenvalue weighted by Gasteiger charge is 2.13. The van der Waals surface area contributed by atoms with Gasteiger partial charge in [0.15, 0.2) is 0 Å². The molecule has 5 heteroatoms. The minimum absolute atomic E-state index is 0.0226. The van der Waals surface area contributed by atoms with Crippen molar-refractivity contribution in [2.24, 2.45) is 0 Å². The van der Waals surface area contributed by atoms with Crippen LogP contribution in [0.1, 0.15) is 21.5 Å². The van der Waals surface area contributed by atoms with Crippen molar-refractivity contribution in [1.82, 2.24) is 0 Å². The molecule has 0 saturated heterocycles. The maximum absolute atomic E-state index is 13.5. The van der Waals surface area contributed by atoms with Gasteiger partial charge >= 0.3 is 5.97 Å². The van der Waals surface area contributed by atoms with Crippen LogP contribution in [0.15, 0.2) is 47.4 Å². The Labute approximate surface area is 118 Å². The number of rotatable bonds is 4. The molecule has 0 aliphatic heterocycles. The Bertz CT molecular complexity index is 683. The molecule has 0 fully saturated rings. The summed E-state index contributed by atoms with van der Waals surface area (Å²) in [6, 6.07) is 10.7. The molecule has 2 aromatic rings. The van der Waals surface area contributed by atoms with Crippen LogP contribution in [-0.2, 0) is 16.6 Å². The van der Waals surface area contributed by atoms with E-state index in [1.54, 1.807) is 37.3 Å². The highest BCUT2D eigenvalue weighted by molar-refractivity contribution is 7.84. The molecule has 0 amide bonds. The van der Waals surface area contributed by atoms with Gasteiger partial charge in [0, 0.05) is 10.5 Å². The largest absolute Gasteiger partial charge is 0.478 e. The molecule has 0 spiro atoms. The number of hydrogen-bond acceptors (Lipinski definition) is 2. The first-order valence-electron chi connectivity index (χ1n) is 5.95. The number of carboxylic acid groups (broad SMARTS) is 1. The molecule has 0 heterocycles. The fraction of sp³-hybridized carbons (Fsp3) is 0.133. The van der Waals surface area contributed by atoms with E-state index in [1.165, 1.54) is 12.1 Å². The van der Waals surface area contributed by atoms with Crippen LogP contribution in [0.4, 0.5) is 4.39 Å². The van der Waals surface area contributed by atoms with Crippen molar-refractivity contribution >= 4 is 16.8 Å². The molecule has 20 heavy (non-hydrogen) atoms. The van der Waals surface area contributed by atoms with E-state index in [1.807, 2.05) is 0 Å². The molecule has 1 atom stereocenters. The third-order valence-electron chi connectivity index (χ3n) is 2.95. The molecule has 1 unspecified atom stereocenters. The molecule has 0 aliphatic carbocycles. The van der Waals surface area contributed by atoms with E-state index >= 15 is 0 Å². The molecule has 104 valence electrons. The van der Waals surface area contributed by atoms with Crippen LogP contribution < -0.4 is 0 Å². The normalized spacial score (nSPS) is 12.1. The van der Waals surface area contributed by atoms with Gasteiger partial charge in [-0.25, -0.2) is 9.18 Å². The second kappa shape index (κ2) is 5.96. The quantitative estimate of drug-likeness (QED) is 0.942. The summed E-state index contributed by atoms with van der Waals surface area (Å²) in [4.78, 5) is 11.4. The molecule has 0 aromatic heterocycles. The standard InChI is InChI=1S/C15H13FO3S/c1-10-6-7-12(8-13(10)15(17)18)20(19)9-11-4-2-3-5-14(11)16/h2-8H,9H2,1H3,(H,17,18). The Morgan fingerprint density at radius 2 is 1.95 bits per heavy atom. The fourth-order valence-corrected chi connectivity index (χ4v) is 2.97. The number of halogens is 1. The van der Waals surface area contributed by atoms with Gasteiger partial charge in [-0.3, -0.25) is 4.21 Å². The van der Waals surface area contributed by atoms with Crippen molar-refractivity contribution in [3.8, 4) is 0 Å². The van der Waals surface area contributed by atoms with E-state index in [0.29, 0.717) is 16.0 Å². The first-order chi connectivity index (χ1) is 9.49. The zero-order chi connectivity index (χ0) is 14.7. The van der Waals surface area contributed by atoms with Gasteiger partial charge in [-0.15, -0.1) is 0 Å². The van der Waals surface area contributed by atoms with Gasteiger partial charge in [0.2, 0.25) is 0 Å². The zero-order valence-electron chi connectivity index (χ0n) is 10.8. The molecular weight excluding hydrogens is 279 g/mol. The van der Waals surface area contributed by atoms with Crippen LogP contribution in [0.3, 0.4) is 0 Å². The van der Waals surface area contributed by atoms with Gasteiger partial charge in [0.1, 0.15) is 5.82 Å². The molecule has 0 saturated carbocycles. The van der Waals surface area contributed by atoms with Gasteiger partial charge in [-0.1, -0.05) is 24.3 Å². The Morgan fingerprint density at radius 1 is 1.25 bits per heavy atom. The third kappa shape index (κ3) is 3.11. The average molecular weight is 292 g/mol. The molecule has 0 bridgehead atoms. The summed E-state index contributed by atoms with van der Waals surface area (Å²) in [5.74, 6) is -1.45. The molecular formula is C15H13FO3S. The second-order valence-corrected chi connectivity index (χ2v) is 5.81. The van der Waals surface area contributed by atoms with Crippen molar-refractivity contribution in [2.45, 2.75) is 17.6 Å². The lowest BCUT2D eigenvalue weighted by atomic mass is 10.1. The summed E-state index contributed by atoms with van der Waals surface area (Å²) >= 11 is 0. The van der Waals surface area contributed by atoms with Crippen LogP contribution in [0.5, 0.6) is 0 Å². The first-order valence-corrected chi connectivity index (χ1v) is 7.26. The van der Waals surface area contributed by atoms with Crippen molar-refractivity contribution in [1.29, 1.82) is 0 Å². The van der Waals surface area contributed by atoms with Gasteiger partial charge in [-0.2, -0.15) is 0 Å². The molecule has 1 N–H and O–H groups in total. The van der Waals surface area contributed by atoms with Crippen LogP contribution in [-0.4, -0.2) is 15.3 Å². The first kappa shape index (κ1) is 14.4. The lowest BCUT2D eigenvalue weighted by molar-refractivity contribution is 0.0696. The van der Waals surface area contributed by atoms with Gasteiger partial charge in [-0.05, 0) is 30.7 Å². The third-order valence-corrected chi connectivity index (χ3v) is 4.30. The monoisotopic (exact) mass is 292 g/mol. The predicted octanol–water partition coefficient (Wildman–Crippen LogP) is 3.14. The number of carbonyl (C=O) groups is 1. The van der Waals surface area contributed by atoms with E-state index in [-0.39, 0.29) is 11.3 Å². The Morgan fingerprint density at radius 3 is 2.60 bits per heavy atom. The highest BCUT2D eigenvalue weighted by Crippen LogP contribution is 2.18. The van der Waals surface area contributed by atoms with Crippen LogP contribution in [0.2, 0.25) is 0 Å². The second-order valence-electron chi connectivity index (χ2n) is 4.36. The van der Waals surface area contributed by atoms with Crippen LogP contribution in [0, 0.1) is 12.7 Å². The number of carboxylic acids is 1. The van der Waals surface area contributed by atoms with Crippen LogP contribution in [0.25, 0.3) is 0 Å². The lowest BCUT2D eigenvalue weighted by Gasteiger charge is -2.06. The summed E-state index contributed by atoms with van der Waals surface area (Å²) in [6.07, 6.45) is 0. The average Bonchev–Trinajstić information content (AvgIpc) is 2.41. The van der Waals surface area contributed by atoms with Crippen molar-refractivity contribution in [3.63, 3.8) is 0 Å². The SMILES string of the molecule is Cc1ccc(S(=O)Cc2ccccc2F)cc1C(=O)O. The summed E-state index contributed by atoms with van der Waals surface area (Å²) in [6.45, 7) is 1.67. The minimum Gasteiger partial charge on any atom is -0.478 e. The van der Waals surface area contributed by atoms with Gasteiger partial charge < -0.3 is 5.11 Å². The van der Waals surface area contributed by atoms with Crippen LogP contribution >= 0.6 is 0 Å². The summed E-state index contributed by atoms with van der Waals surface area (Å²) in [5.41, 5.74) is 1.07. The number of aromatic carboxylic acids is 1. The smallest absolute Gasteiger partial charge is 0.335 e. The van der Waals surface area contributed by atoms with E-state index in [2.05, 4.69) is 0 Å². The molecule has 3 nitrogen and oxygen atoms in total. The Balaban J connectivity index is 2.28. The Kier molecular flexibility index (Phi) is 4.29. The summed E-state index contributed by atoms with van der Waals surface area (Å²) in [7, 11) is -1.48. The van der Waals surface area contributed by atoms with E-state index in [9.17, 15) is 13.4 Å². The van der Waals surface area contributed by atoms with E-state index in [0.717, 1.165) is 0 Å². The molecule has 0 radical (unpaired) electrons. The fourth-order valence-electron chi connectivity index (χ4n) is 1.81. The van der Waals surface area contributed by atoms with E-state index < -0.39 is 22.6 Å². The predicted molar refractivity (Wildman–Crippen MR) is 74.7 cm³/mol. The highest BCUT2D eigenvalue weighted by atomic mass is 32.2. The topological polar surface area (TPSA) is 54.4 Å². The summed E-state index contributed by atoms with van der Waals surface area (Å²) in [5, 5.41) is 9.05. The van der Waals surface area contributed by atoms with Gasteiger partial charge in [0.25, 0.3) is 0 Å². The number of hydrogen-bond donors (Lipinski definition) is 1. The maximum atomic E-state index is 13.5. The van der Waals surface area contributed by atoms with Crippen molar-refractivity contribution < 1.29 is 18.5 Å². The Hall–Kier alpha value is -2.01. The number of benzene rings is 2. The zero-order valence-corrected chi connectivity index (χ0v) is 11.6. The minimum atomic E-state index is -1.48. The summed E-state index contributed by atoms with van der Waals surface area (Å²) < 4.78 is 25.7. The molecule has 2 rings (SSSR count). The van der Waals surface area contributed by atoms with Crippen molar-refractivity contribution in [2.75, 3.05) is 0 Å². The van der Waals surface area contributed by atoms with Crippen molar-refractivity contribution in [3.05, 3.63) is 65.0 Å². The van der Waals surface area contributed by atoms with Gasteiger partial charge in [0.05, 0.1) is 22.1 Å². The lowest BCUT2D eigenvalue weighted by Crippen LogP contribution is -2.04. The molecule has 2 aromatic carbocycles.